The minimum Gasteiger partial charge on any atom is -0.449 e. The van der Waals surface area contributed by atoms with Crippen LogP contribution in [0.2, 0.25) is 0 Å². The van der Waals surface area contributed by atoms with E-state index in [2.05, 4.69) is 10.2 Å². The van der Waals surface area contributed by atoms with Crippen molar-refractivity contribution in [3.63, 3.8) is 0 Å². The van der Waals surface area contributed by atoms with Gasteiger partial charge in [-0.3, -0.25) is 0 Å². The van der Waals surface area contributed by atoms with Crippen LogP contribution in [0.1, 0.15) is 20.8 Å². The lowest BCUT2D eigenvalue weighted by atomic mass is 10.5. The molecule has 0 heterocycles. The van der Waals surface area contributed by atoms with E-state index in [1.165, 1.54) is 0 Å². The van der Waals surface area contributed by atoms with Crippen molar-refractivity contribution < 1.29 is 4.74 Å². The average molecular weight is 166 g/mol. The van der Waals surface area contributed by atoms with Gasteiger partial charge < -0.3 is 4.74 Å². The maximum atomic E-state index is 5.05. The fourth-order valence-electron chi connectivity index (χ4n) is 0.457. The van der Waals surface area contributed by atoms with Crippen molar-refractivity contribution in [1.82, 2.24) is 0 Å². The molecular weight excluding hydrogens is 152 g/mol. The first-order chi connectivity index (χ1) is 5.81. The summed E-state index contributed by atoms with van der Waals surface area (Å²) in [5.41, 5.74) is 0. The van der Waals surface area contributed by atoms with Crippen LogP contribution in [0.15, 0.2) is 34.7 Å². The molecule has 0 amide bonds. The van der Waals surface area contributed by atoms with Gasteiger partial charge in [0.05, 0.1) is 6.26 Å². The van der Waals surface area contributed by atoms with Crippen molar-refractivity contribution in [3.05, 3.63) is 24.5 Å². The van der Waals surface area contributed by atoms with Crippen LogP contribution in [0.3, 0.4) is 0 Å². The number of ether oxygens (including phenoxy) is 1. The third-order valence-electron chi connectivity index (χ3n) is 0.935. The number of hydrogen-bond donors (Lipinski definition) is 0. The first kappa shape index (κ1) is 10.6. The van der Waals surface area contributed by atoms with E-state index in [0.29, 0.717) is 5.90 Å². The molecule has 0 N–H and O–H groups in total. The SMILES string of the molecule is CC=CC=COC(C)=NN=CC. The third kappa shape index (κ3) is 6.74. The third-order valence-corrected chi connectivity index (χ3v) is 0.935. The lowest BCUT2D eigenvalue weighted by Crippen LogP contribution is -1.90. The van der Waals surface area contributed by atoms with Gasteiger partial charge >= 0.3 is 0 Å². The van der Waals surface area contributed by atoms with Crippen molar-refractivity contribution >= 4 is 12.1 Å². The molecule has 0 aliphatic carbocycles. The van der Waals surface area contributed by atoms with E-state index in [1.54, 1.807) is 32.4 Å². The van der Waals surface area contributed by atoms with Gasteiger partial charge in [-0.25, -0.2) is 0 Å². The van der Waals surface area contributed by atoms with Crippen LogP contribution in [0, 0.1) is 0 Å². The number of allylic oxidation sites excluding steroid dienone is 3. The van der Waals surface area contributed by atoms with E-state index in [9.17, 15) is 0 Å². The summed E-state index contributed by atoms with van der Waals surface area (Å²) in [6, 6.07) is 0. The van der Waals surface area contributed by atoms with Gasteiger partial charge in [0.15, 0.2) is 0 Å². The summed E-state index contributed by atoms with van der Waals surface area (Å²) in [5.74, 6) is 0.522. The minimum absolute atomic E-state index is 0.522. The van der Waals surface area contributed by atoms with Gasteiger partial charge in [-0.2, -0.15) is 5.10 Å². The Morgan fingerprint density at radius 2 is 2.00 bits per heavy atom. The zero-order valence-electron chi connectivity index (χ0n) is 7.69. The second-order valence-electron chi connectivity index (χ2n) is 1.96. The summed E-state index contributed by atoms with van der Waals surface area (Å²) in [5, 5.41) is 7.39. The largest absolute Gasteiger partial charge is 0.449 e. The number of rotatable bonds is 3. The number of nitrogens with zero attached hydrogens (tertiary/aromatic N) is 2. The Morgan fingerprint density at radius 1 is 1.25 bits per heavy atom. The molecule has 0 radical (unpaired) electrons. The summed E-state index contributed by atoms with van der Waals surface area (Å²) in [6.07, 6.45) is 8.73. The summed E-state index contributed by atoms with van der Waals surface area (Å²) >= 11 is 0. The Labute approximate surface area is 73.2 Å². The minimum atomic E-state index is 0.522. The van der Waals surface area contributed by atoms with Gasteiger partial charge in [-0.05, 0) is 19.9 Å². The summed E-state index contributed by atoms with van der Waals surface area (Å²) in [6.45, 7) is 5.48. The van der Waals surface area contributed by atoms with E-state index in [-0.39, 0.29) is 0 Å². The van der Waals surface area contributed by atoms with Gasteiger partial charge in [-0.15, -0.1) is 5.10 Å². The number of hydrogen-bond acceptors (Lipinski definition) is 3. The van der Waals surface area contributed by atoms with Crippen molar-refractivity contribution in [1.29, 1.82) is 0 Å². The van der Waals surface area contributed by atoms with Crippen LogP contribution in [-0.2, 0) is 4.74 Å². The summed E-state index contributed by atoms with van der Waals surface area (Å²) in [4.78, 5) is 0. The highest BCUT2D eigenvalue weighted by molar-refractivity contribution is 5.74. The lowest BCUT2D eigenvalue weighted by molar-refractivity contribution is 0.466. The zero-order chi connectivity index (χ0) is 9.23. The van der Waals surface area contributed by atoms with E-state index in [1.807, 2.05) is 19.1 Å². The van der Waals surface area contributed by atoms with Crippen LogP contribution in [0.25, 0.3) is 0 Å². The highest BCUT2D eigenvalue weighted by Gasteiger charge is 1.82. The Bertz CT molecular complexity index is 215. The molecule has 0 unspecified atom stereocenters. The van der Waals surface area contributed by atoms with Crippen LogP contribution in [-0.4, -0.2) is 12.1 Å². The van der Waals surface area contributed by atoms with Crippen LogP contribution >= 0.6 is 0 Å². The molecule has 3 nitrogen and oxygen atoms in total. The van der Waals surface area contributed by atoms with Crippen LogP contribution in [0.5, 0.6) is 0 Å². The highest BCUT2D eigenvalue weighted by Crippen LogP contribution is 1.85. The molecule has 0 aliphatic heterocycles. The van der Waals surface area contributed by atoms with Gasteiger partial charge in [0.2, 0.25) is 5.90 Å². The quantitative estimate of drug-likeness (QED) is 0.208. The molecule has 0 aromatic carbocycles. The predicted molar refractivity (Wildman–Crippen MR) is 52.3 cm³/mol. The Kier molecular flexibility index (Phi) is 6.84. The standard InChI is InChI=1S/C9H14N2O/c1-4-6-7-8-12-9(3)11-10-5-2/h4-8H,1-3H3. The van der Waals surface area contributed by atoms with E-state index in [0.717, 1.165) is 0 Å². The molecule has 0 atom stereocenters. The molecule has 0 saturated heterocycles. The molecule has 0 aromatic heterocycles. The topological polar surface area (TPSA) is 34.0 Å². The van der Waals surface area contributed by atoms with Gasteiger partial charge in [0, 0.05) is 13.1 Å². The second-order valence-corrected chi connectivity index (χ2v) is 1.96. The Hall–Kier alpha value is -1.38. The normalized spacial score (nSPS) is 13.8. The molecule has 0 aromatic rings. The monoisotopic (exact) mass is 166 g/mol. The maximum absolute atomic E-state index is 5.05. The smallest absolute Gasteiger partial charge is 0.210 e. The lowest BCUT2D eigenvalue weighted by Gasteiger charge is -1.93. The van der Waals surface area contributed by atoms with Crippen molar-refractivity contribution in [2.75, 3.05) is 0 Å². The molecule has 0 spiro atoms. The predicted octanol–water partition coefficient (Wildman–Crippen LogP) is 2.52. The Balaban J connectivity index is 3.77. The first-order valence-corrected chi connectivity index (χ1v) is 3.78. The second kappa shape index (κ2) is 7.72. The van der Waals surface area contributed by atoms with E-state index < -0.39 is 0 Å². The zero-order valence-corrected chi connectivity index (χ0v) is 7.69. The fourth-order valence-corrected chi connectivity index (χ4v) is 0.457. The van der Waals surface area contributed by atoms with E-state index >= 15 is 0 Å². The summed E-state index contributed by atoms with van der Waals surface area (Å²) in [7, 11) is 0. The summed E-state index contributed by atoms with van der Waals surface area (Å²) < 4.78 is 5.05. The Morgan fingerprint density at radius 3 is 2.58 bits per heavy atom. The molecule has 0 bridgehead atoms. The molecule has 0 saturated carbocycles. The van der Waals surface area contributed by atoms with Gasteiger partial charge in [0.1, 0.15) is 0 Å². The van der Waals surface area contributed by atoms with Crippen molar-refractivity contribution in [2.45, 2.75) is 20.8 Å². The first-order valence-electron chi connectivity index (χ1n) is 3.78. The van der Waals surface area contributed by atoms with E-state index in [4.69, 9.17) is 4.74 Å². The maximum Gasteiger partial charge on any atom is 0.210 e. The molecule has 12 heavy (non-hydrogen) atoms. The van der Waals surface area contributed by atoms with Gasteiger partial charge in [0.25, 0.3) is 0 Å². The molecule has 0 aliphatic rings. The molecular formula is C9H14N2O. The van der Waals surface area contributed by atoms with Gasteiger partial charge in [-0.1, -0.05) is 12.2 Å². The molecule has 0 fully saturated rings. The van der Waals surface area contributed by atoms with Crippen molar-refractivity contribution in [2.24, 2.45) is 10.2 Å². The van der Waals surface area contributed by atoms with Crippen LogP contribution in [0.4, 0.5) is 0 Å². The highest BCUT2D eigenvalue weighted by atomic mass is 16.5. The fraction of sp³-hybridized carbons (Fsp3) is 0.333. The molecule has 66 valence electrons. The van der Waals surface area contributed by atoms with Crippen molar-refractivity contribution in [3.8, 4) is 0 Å². The average Bonchev–Trinajstić information content (AvgIpc) is 2.09. The molecule has 3 heteroatoms. The molecule has 0 rings (SSSR count). The van der Waals surface area contributed by atoms with Crippen LogP contribution < -0.4 is 0 Å².